The molecule has 0 saturated carbocycles. The summed E-state index contributed by atoms with van der Waals surface area (Å²) in [6.07, 6.45) is -0.588. The Morgan fingerprint density at radius 1 is 1.08 bits per heavy atom. The number of carbonyl (C=O) groups excluding carboxylic acids is 2. The van der Waals surface area contributed by atoms with Crippen LogP contribution in [0.5, 0.6) is 17.2 Å². The number of ether oxygens (including phenoxy) is 4. The summed E-state index contributed by atoms with van der Waals surface area (Å²) in [5, 5.41) is 2.73. The zero-order valence-electron chi connectivity index (χ0n) is 14.7. The van der Waals surface area contributed by atoms with E-state index < -0.39 is 18.0 Å². The van der Waals surface area contributed by atoms with E-state index in [2.05, 4.69) is 5.32 Å². The Labute approximate surface area is 150 Å². The molecule has 1 aliphatic heterocycles. The van der Waals surface area contributed by atoms with Gasteiger partial charge in [-0.05, 0) is 11.6 Å². The number of amides is 1. The van der Waals surface area contributed by atoms with Crippen molar-refractivity contribution in [1.82, 2.24) is 0 Å². The molecule has 0 saturated heterocycles. The Bertz CT molecular complexity index is 823. The van der Waals surface area contributed by atoms with Gasteiger partial charge in [0.2, 0.25) is 5.75 Å². The van der Waals surface area contributed by atoms with Gasteiger partial charge in [-0.2, -0.15) is 0 Å². The zero-order valence-corrected chi connectivity index (χ0v) is 14.7. The van der Waals surface area contributed by atoms with Crippen molar-refractivity contribution in [2.45, 2.75) is 12.5 Å². The van der Waals surface area contributed by atoms with Crippen molar-refractivity contribution in [3.8, 4) is 17.2 Å². The monoisotopic (exact) mass is 357 g/mol. The number of nitrogens with one attached hydrogen (secondary N) is 1. The Kier molecular flexibility index (Phi) is 4.97. The SMILES string of the molecule is COc1cc(NC(=O)C2Cc3ccccc3C(=O)O2)cc(OC)c1OC. The van der Waals surface area contributed by atoms with Crippen LogP contribution in [0.2, 0.25) is 0 Å². The molecule has 0 fully saturated rings. The fraction of sp³-hybridized carbons (Fsp3) is 0.263. The normalized spacial score (nSPS) is 15.5. The predicted molar refractivity (Wildman–Crippen MR) is 94.1 cm³/mol. The van der Waals surface area contributed by atoms with Gasteiger partial charge in [-0.15, -0.1) is 0 Å². The molecule has 1 aliphatic rings. The zero-order chi connectivity index (χ0) is 18.7. The number of hydrogen-bond donors (Lipinski definition) is 1. The fourth-order valence-electron chi connectivity index (χ4n) is 2.85. The highest BCUT2D eigenvalue weighted by molar-refractivity contribution is 6.00. The van der Waals surface area contributed by atoms with E-state index in [9.17, 15) is 9.59 Å². The van der Waals surface area contributed by atoms with E-state index in [-0.39, 0.29) is 0 Å². The minimum Gasteiger partial charge on any atom is -0.493 e. The summed E-state index contributed by atoms with van der Waals surface area (Å²) in [6.45, 7) is 0. The largest absolute Gasteiger partial charge is 0.493 e. The first kappa shape index (κ1) is 17.6. The maximum absolute atomic E-state index is 12.6. The lowest BCUT2D eigenvalue weighted by Gasteiger charge is -2.24. The lowest BCUT2D eigenvalue weighted by atomic mass is 9.98. The summed E-state index contributed by atoms with van der Waals surface area (Å²) in [5.41, 5.74) is 1.72. The van der Waals surface area contributed by atoms with Gasteiger partial charge in [0.15, 0.2) is 17.6 Å². The van der Waals surface area contributed by atoms with Crippen LogP contribution in [0.3, 0.4) is 0 Å². The molecule has 0 spiro atoms. The van der Waals surface area contributed by atoms with Gasteiger partial charge in [-0.25, -0.2) is 4.79 Å². The van der Waals surface area contributed by atoms with E-state index in [1.165, 1.54) is 21.3 Å². The number of rotatable bonds is 5. The molecule has 0 radical (unpaired) electrons. The second kappa shape index (κ2) is 7.35. The summed E-state index contributed by atoms with van der Waals surface area (Å²) >= 11 is 0. The molecular formula is C19H19NO6. The molecule has 1 N–H and O–H groups in total. The highest BCUT2D eigenvalue weighted by Gasteiger charge is 2.31. The van der Waals surface area contributed by atoms with Crippen LogP contribution in [-0.4, -0.2) is 39.3 Å². The average Bonchev–Trinajstić information content (AvgIpc) is 2.67. The average molecular weight is 357 g/mol. The topological polar surface area (TPSA) is 83.1 Å². The standard InChI is InChI=1S/C19H19NO6/c1-23-14-9-12(10-15(24-2)17(14)25-3)20-18(21)16-8-11-6-4-5-7-13(11)19(22)26-16/h4-7,9-10,16H,8H2,1-3H3,(H,20,21). The van der Waals surface area contributed by atoms with Gasteiger partial charge >= 0.3 is 5.97 Å². The van der Waals surface area contributed by atoms with Crippen molar-refractivity contribution >= 4 is 17.6 Å². The van der Waals surface area contributed by atoms with Crippen molar-refractivity contribution in [3.05, 3.63) is 47.5 Å². The van der Waals surface area contributed by atoms with Crippen LogP contribution in [0.4, 0.5) is 5.69 Å². The summed E-state index contributed by atoms with van der Waals surface area (Å²) in [6, 6.07) is 10.3. The van der Waals surface area contributed by atoms with Crippen LogP contribution < -0.4 is 19.5 Å². The third-order valence-corrected chi connectivity index (χ3v) is 4.12. The molecular weight excluding hydrogens is 338 g/mol. The number of fused-ring (bicyclic) bond motifs is 1. The van der Waals surface area contributed by atoms with Gasteiger partial charge in [0.1, 0.15) is 0 Å². The number of esters is 1. The molecule has 3 rings (SSSR count). The third kappa shape index (κ3) is 3.28. The number of anilines is 1. The first-order chi connectivity index (χ1) is 12.6. The van der Waals surface area contributed by atoms with Gasteiger partial charge in [-0.1, -0.05) is 18.2 Å². The number of benzene rings is 2. The van der Waals surface area contributed by atoms with E-state index >= 15 is 0 Å². The Morgan fingerprint density at radius 2 is 1.73 bits per heavy atom. The van der Waals surface area contributed by atoms with Gasteiger partial charge in [0, 0.05) is 24.2 Å². The van der Waals surface area contributed by atoms with Crippen molar-refractivity contribution in [3.63, 3.8) is 0 Å². The van der Waals surface area contributed by atoms with Crippen LogP contribution in [0.25, 0.3) is 0 Å². The molecule has 7 nitrogen and oxygen atoms in total. The molecule has 1 unspecified atom stereocenters. The summed E-state index contributed by atoms with van der Waals surface area (Å²) in [7, 11) is 4.48. The summed E-state index contributed by atoms with van der Waals surface area (Å²) in [5.74, 6) is 0.311. The van der Waals surface area contributed by atoms with E-state index in [0.717, 1.165) is 5.56 Å². The molecule has 1 heterocycles. The van der Waals surface area contributed by atoms with Crippen LogP contribution in [0.1, 0.15) is 15.9 Å². The number of hydrogen-bond acceptors (Lipinski definition) is 6. The van der Waals surface area contributed by atoms with Crippen molar-refractivity contribution < 1.29 is 28.5 Å². The molecule has 1 amide bonds. The van der Waals surface area contributed by atoms with E-state index in [4.69, 9.17) is 18.9 Å². The van der Waals surface area contributed by atoms with Crippen LogP contribution in [0.15, 0.2) is 36.4 Å². The molecule has 0 aromatic heterocycles. The highest BCUT2D eigenvalue weighted by Crippen LogP contribution is 2.40. The molecule has 1 atom stereocenters. The lowest BCUT2D eigenvalue weighted by molar-refractivity contribution is -0.125. The quantitative estimate of drug-likeness (QED) is 0.828. The van der Waals surface area contributed by atoms with Crippen LogP contribution in [0, 0.1) is 0 Å². The molecule has 26 heavy (non-hydrogen) atoms. The molecule has 2 aromatic carbocycles. The van der Waals surface area contributed by atoms with Crippen molar-refractivity contribution in [2.75, 3.05) is 26.6 Å². The summed E-state index contributed by atoms with van der Waals surface area (Å²) < 4.78 is 21.1. The first-order valence-electron chi connectivity index (χ1n) is 7.97. The second-order valence-electron chi connectivity index (χ2n) is 5.66. The highest BCUT2D eigenvalue weighted by atomic mass is 16.6. The fourth-order valence-corrected chi connectivity index (χ4v) is 2.85. The third-order valence-electron chi connectivity index (χ3n) is 4.12. The van der Waals surface area contributed by atoms with Crippen LogP contribution >= 0.6 is 0 Å². The predicted octanol–water partition coefficient (Wildman–Crippen LogP) is 2.43. The Balaban J connectivity index is 1.82. The van der Waals surface area contributed by atoms with Gasteiger partial charge in [-0.3, -0.25) is 4.79 Å². The maximum atomic E-state index is 12.6. The summed E-state index contributed by atoms with van der Waals surface area (Å²) in [4.78, 5) is 24.7. The van der Waals surface area contributed by atoms with E-state index in [1.54, 1.807) is 24.3 Å². The van der Waals surface area contributed by atoms with E-state index in [0.29, 0.717) is 34.9 Å². The Hall–Kier alpha value is -3.22. The smallest absolute Gasteiger partial charge is 0.339 e. The van der Waals surface area contributed by atoms with Gasteiger partial charge < -0.3 is 24.3 Å². The molecule has 7 heteroatoms. The van der Waals surface area contributed by atoms with Crippen LogP contribution in [-0.2, 0) is 16.0 Å². The lowest BCUT2D eigenvalue weighted by Crippen LogP contribution is -2.37. The Morgan fingerprint density at radius 3 is 2.35 bits per heavy atom. The molecule has 136 valence electrons. The number of methoxy groups -OCH3 is 3. The minimum absolute atomic E-state index is 0.318. The second-order valence-corrected chi connectivity index (χ2v) is 5.66. The van der Waals surface area contributed by atoms with Gasteiger partial charge in [0.25, 0.3) is 5.91 Å². The van der Waals surface area contributed by atoms with E-state index in [1.807, 2.05) is 12.1 Å². The van der Waals surface area contributed by atoms with Crippen molar-refractivity contribution in [1.29, 1.82) is 0 Å². The minimum atomic E-state index is -0.906. The molecule has 0 aliphatic carbocycles. The maximum Gasteiger partial charge on any atom is 0.339 e. The van der Waals surface area contributed by atoms with Crippen molar-refractivity contribution in [2.24, 2.45) is 0 Å². The first-order valence-corrected chi connectivity index (χ1v) is 7.97. The molecule has 2 aromatic rings. The van der Waals surface area contributed by atoms with Gasteiger partial charge in [0.05, 0.1) is 26.9 Å². The number of carbonyl (C=O) groups is 2. The number of cyclic esters (lactones) is 1. The molecule has 0 bridgehead atoms.